The molecule has 0 spiro atoms. The van der Waals surface area contributed by atoms with E-state index in [0.717, 1.165) is 11.3 Å². The second-order valence-electron chi connectivity index (χ2n) is 4.90. The maximum absolute atomic E-state index is 12.8. The lowest BCUT2D eigenvalue weighted by atomic mass is 10.1. The number of amides is 1. The molecular formula is C17H15N3O2. The van der Waals surface area contributed by atoms with Gasteiger partial charge in [0.25, 0.3) is 5.91 Å². The van der Waals surface area contributed by atoms with Crippen molar-refractivity contribution in [1.29, 1.82) is 0 Å². The summed E-state index contributed by atoms with van der Waals surface area (Å²) in [4.78, 5) is 18.6. The van der Waals surface area contributed by atoms with Crippen LogP contribution in [0.15, 0.2) is 65.6 Å². The number of carbonyl (C=O) groups is 1. The Hall–Kier alpha value is -2.95. The van der Waals surface area contributed by atoms with Gasteiger partial charge in [0.2, 0.25) is 0 Å². The molecule has 0 aliphatic heterocycles. The van der Waals surface area contributed by atoms with Crippen LogP contribution in [0.5, 0.6) is 0 Å². The number of aromatic nitrogens is 2. The fraction of sp³-hybridized carbons (Fsp3) is 0.118. The first-order valence-electron chi connectivity index (χ1n) is 6.92. The molecule has 0 atom stereocenters. The predicted molar refractivity (Wildman–Crippen MR) is 82.4 cm³/mol. The highest BCUT2D eigenvalue weighted by Crippen LogP contribution is 2.20. The Morgan fingerprint density at radius 3 is 2.64 bits per heavy atom. The Morgan fingerprint density at radius 1 is 1.18 bits per heavy atom. The molecule has 0 fully saturated rings. The summed E-state index contributed by atoms with van der Waals surface area (Å²) in [7, 11) is 0. The molecule has 3 rings (SSSR count). The average molecular weight is 293 g/mol. The van der Waals surface area contributed by atoms with Crippen molar-refractivity contribution < 1.29 is 9.32 Å². The van der Waals surface area contributed by atoms with E-state index in [2.05, 4.69) is 10.1 Å². The lowest BCUT2D eigenvalue weighted by Gasteiger charge is -2.22. The van der Waals surface area contributed by atoms with E-state index in [1.807, 2.05) is 42.5 Å². The van der Waals surface area contributed by atoms with Crippen molar-refractivity contribution in [2.75, 3.05) is 4.90 Å². The number of hydrogen-bond donors (Lipinski definition) is 0. The van der Waals surface area contributed by atoms with Gasteiger partial charge in [-0.3, -0.25) is 9.78 Å². The first-order valence-corrected chi connectivity index (χ1v) is 6.92. The van der Waals surface area contributed by atoms with E-state index in [9.17, 15) is 4.79 Å². The first-order chi connectivity index (χ1) is 10.8. The molecule has 0 radical (unpaired) electrons. The van der Waals surface area contributed by atoms with Crippen LogP contribution in [-0.2, 0) is 6.54 Å². The van der Waals surface area contributed by atoms with Gasteiger partial charge >= 0.3 is 0 Å². The lowest BCUT2D eigenvalue weighted by molar-refractivity contribution is 0.0984. The summed E-state index contributed by atoms with van der Waals surface area (Å²) >= 11 is 0. The molecule has 2 aromatic heterocycles. The second-order valence-corrected chi connectivity index (χ2v) is 4.90. The van der Waals surface area contributed by atoms with Crippen LogP contribution >= 0.6 is 0 Å². The standard InChI is InChI=1S/C17H15N3O2/c1-13-16(12-22-19-13)17(21)20(15-7-3-2-4-8-15)11-14-6-5-9-18-10-14/h2-10,12H,11H2,1H3. The molecular weight excluding hydrogens is 278 g/mol. The topological polar surface area (TPSA) is 59.2 Å². The van der Waals surface area contributed by atoms with E-state index >= 15 is 0 Å². The van der Waals surface area contributed by atoms with E-state index in [4.69, 9.17) is 4.52 Å². The second kappa shape index (κ2) is 6.22. The van der Waals surface area contributed by atoms with Crippen LogP contribution in [0.4, 0.5) is 5.69 Å². The molecule has 3 aromatic rings. The summed E-state index contributed by atoms with van der Waals surface area (Å²) in [6.07, 6.45) is 4.85. The summed E-state index contributed by atoms with van der Waals surface area (Å²) in [5.74, 6) is -0.145. The number of aryl methyl sites for hydroxylation is 1. The first kappa shape index (κ1) is 14.0. The monoisotopic (exact) mass is 293 g/mol. The maximum atomic E-state index is 12.8. The van der Waals surface area contributed by atoms with Crippen molar-refractivity contribution in [3.63, 3.8) is 0 Å². The van der Waals surface area contributed by atoms with Crippen LogP contribution in [0.1, 0.15) is 21.6 Å². The highest BCUT2D eigenvalue weighted by molar-refractivity contribution is 6.06. The van der Waals surface area contributed by atoms with Gasteiger partial charge in [-0.1, -0.05) is 29.4 Å². The van der Waals surface area contributed by atoms with Crippen molar-refractivity contribution in [2.24, 2.45) is 0 Å². The summed E-state index contributed by atoms with van der Waals surface area (Å²) in [6.45, 7) is 2.19. The normalized spacial score (nSPS) is 10.4. The Morgan fingerprint density at radius 2 is 2.00 bits per heavy atom. The molecule has 1 amide bonds. The molecule has 110 valence electrons. The molecule has 1 aromatic carbocycles. The Kier molecular flexibility index (Phi) is 3.96. The van der Waals surface area contributed by atoms with Gasteiger partial charge in [-0.15, -0.1) is 0 Å². The largest absolute Gasteiger partial charge is 0.364 e. The van der Waals surface area contributed by atoms with Gasteiger partial charge in [-0.05, 0) is 30.7 Å². The van der Waals surface area contributed by atoms with Gasteiger partial charge in [0, 0.05) is 18.1 Å². The fourth-order valence-electron chi connectivity index (χ4n) is 2.21. The van der Waals surface area contributed by atoms with Crippen molar-refractivity contribution in [1.82, 2.24) is 10.1 Å². The molecule has 0 aliphatic rings. The van der Waals surface area contributed by atoms with Gasteiger partial charge in [0.1, 0.15) is 11.8 Å². The maximum Gasteiger partial charge on any atom is 0.263 e. The highest BCUT2D eigenvalue weighted by Gasteiger charge is 2.22. The van der Waals surface area contributed by atoms with Gasteiger partial charge in [-0.2, -0.15) is 0 Å². The molecule has 0 bridgehead atoms. The van der Waals surface area contributed by atoms with Crippen LogP contribution in [0.3, 0.4) is 0 Å². The molecule has 0 aliphatic carbocycles. The van der Waals surface area contributed by atoms with E-state index in [1.54, 1.807) is 24.2 Å². The number of pyridine rings is 1. The minimum Gasteiger partial charge on any atom is -0.364 e. The van der Waals surface area contributed by atoms with E-state index in [-0.39, 0.29) is 5.91 Å². The predicted octanol–water partition coefficient (Wildman–Crippen LogP) is 3.23. The number of benzene rings is 1. The van der Waals surface area contributed by atoms with Crippen molar-refractivity contribution >= 4 is 11.6 Å². The Bertz CT molecular complexity index is 754. The number of carbonyl (C=O) groups excluding carboxylic acids is 1. The Balaban J connectivity index is 1.96. The molecule has 0 saturated heterocycles. The SMILES string of the molecule is Cc1nocc1C(=O)N(Cc1cccnc1)c1ccccc1. The average Bonchev–Trinajstić information content (AvgIpc) is 3.00. The highest BCUT2D eigenvalue weighted by atomic mass is 16.5. The van der Waals surface area contributed by atoms with Crippen molar-refractivity contribution in [3.05, 3.63) is 77.9 Å². The van der Waals surface area contributed by atoms with Gasteiger partial charge in [-0.25, -0.2) is 0 Å². The van der Waals surface area contributed by atoms with E-state index < -0.39 is 0 Å². The number of anilines is 1. The van der Waals surface area contributed by atoms with Gasteiger partial charge in [0.15, 0.2) is 0 Å². The fourth-order valence-corrected chi connectivity index (χ4v) is 2.21. The summed E-state index contributed by atoms with van der Waals surface area (Å²) < 4.78 is 4.89. The number of hydrogen-bond acceptors (Lipinski definition) is 4. The van der Waals surface area contributed by atoms with Crippen LogP contribution in [0.25, 0.3) is 0 Å². The molecule has 22 heavy (non-hydrogen) atoms. The van der Waals surface area contributed by atoms with Gasteiger partial charge < -0.3 is 9.42 Å². The third-order valence-corrected chi connectivity index (χ3v) is 3.36. The minimum absolute atomic E-state index is 0.145. The van der Waals surface area contributed by atoms with Crippen LogP contribution < -0.4 is 4.90 Å². The molecule has 2 heterocycles. The minimum atomic E-state index is -0.145. The quantitative estimate of drug-likeness (QED) is 0.741. The van der Waals surface area contributed by atoms with E-state index in [1.165, 1.54) is 6.26 Å². The molecule has 5 nitrogen and oxygen atoms in total. The zero-order valence-corrected chi connectivity index (χ0v) is 12.1. The molecule has 5 heteroatoms. The zero-order valence-electron chi connectivity index (χ0n) is 12.1. The number of para-hydroxylation sites is 1. The number of nitrogens with zero attached hydrogens (tertiary/aromatic N) is 3. The molecule has 0 N–H and O–H groups in total. The smallest absolute Gasteiger partial charge is 0.263 e. The van der Waals surface area contributed by atoms with E-state index in [0.29, 0.717) is 17.8 Å². The summed E-state index contributed by atoms with van der Waals surface area (Å²) in [6, 6.07) is 13.3. The third kappa shape index (κ3) is 2.88. The lowest BCUT2D eigenvalue weighted by Crippen LogP contribution is -2.30. The zero-order chi connectivity index (χ0) is 15.4. The summed E-state index contributed by atoms with van der Waals surface area (Å²) in [5.41, 5.74) is 2.82. The van der Waals surface area contributed by atoms with Crippen LogP contribution in [0, 0.1) is 6.92 Å². The number of rotatable bonds is 4. The molecule has 0 unspecified atom stereocenters. The third-order valence-electron chi connectivity index (χ3n) is 3.36. The van der Waals surface area contributed by atoms with Gasteiger partial charge in [0.05, 0.1) is 12.2 Å². The van der Waals surface area contributed by atoms with Crippen molar-refractivity contribution in [2.45, 2.75) is 13.5 Å². The Labute approximate surface area is 128 Å². The molecule has 0 saturated carbocycles. The van der Waals surface area contributed by atoms with Crippen LogP contribution in [-0.4, -0.2) is 16.0 Å². The van der Waals surface area contributed by atoms with Crippen LogP contribution in [0.2, 0.25) is 0 Å². The van der Waals surface area contributed by atoms with Crippen molar-refractivity contribution in [3.8, 4) is 0 Å². The summed E-state index contributed by atoms with van der Waals surface area (Å²) in [5, 5.41) is 3.79.